The van der Waals surface area contributed by atoms with Gasteiger partial charge in [0.15, 0.2) is 17.3 Å². The van der Waals surface area contributed by atoms with Crippen molar-refractivity contribution in [1.82, 2.24) is 0 Å². The Morgan fingerprint density at radius 1 is 0.931 bits per heavy atom. The number of carbonyl (C=O) groups is 1. The summed E-state index contributed by atoms with van der Waals surface area (Å²) in [5, 5.41) is 0. The van der Waals surface area contributed by atoms with E-state index >= 15 is 0 Å². The number of fused-ring (bicyclic) bond motifs is 1. The Morgan fingerprint density at radius 3 is 2.52 bits per heavy atom. The van der Waals surface area contributed by atoms with E-state index in [4.69, 9.17) is 9.47 Å². The van der Waals surface area contributed by atoms with Gasteiger partial charge in [0.2, 0.25) is 6.79 Å². The van der Waals surface area contributed by atoms with E-state index in [-0.39, 0.29) is 29.8 Å². The molecular weight excluding hydrogens is 371 g/mol. The van der Waals surface area contributed by atoms with Crippen LogP contribution in [0.25, 0.3) is 6.08 Å². The van der Waals surface area contributed by atoms with Gasteiger partial charge in [0.1, 0.15) is 11.5 Å². The topological polar surface area (TPSA) is 51.1 Å². The van der Waals surface area contributed by atoms with Crippen LogP contribution in [0.15, 0.2) is 83.5 Å². The van der Waals surface area contributed by atoms with Gasteiger partial charge in [-0.2, -0.15) is 0 Å². The Bertz CT molecular complexity index is 1170. The fraction of sp³-hybridized carbons (Fsp3) is 0.0435. The van der Waals surface area contributed by atoms with Crippen molar-refractivity contribution in [3.63, 3.8) is 0 Å². The number of hydrogen-bond acceptors (Lipinski definition) is 4. The van der Waals surface area contributed by atoms with E-state index in [1.165, 1.54) is 11.0 Å². The van der Waals surface area contributed by atoms with Crippen molar-refractivity contribution in [2.75, 3.05) is 11.7 Å². The zero-order valence-corrected chi connectivity index (χ0v) is 15.2. The van der Waals surface area contributed by atoms with Gasteiger partial charge >= 0.3 is 0 Å². The first-order valence-electron chi connectivity index (χ1n) is 9.05. The molecule has 0 saturated carbocycles. The number of para-hydroxylation sites is 1. The fourth-order valence-corrected chi connectivity index (χ4v) is 3.32. The molecule has 0 unspecified atom stereocenters. The summed E-state index contributed by atoms with van der Waals surface area (Å²) < 4.78 is 25.2. The fourth-order valence-electron chi connectivity index (χ4n) is 3.32. The summed E-state index contributed by atoms with van der Waals surface area (Å²) in [6.45, 7) is 0.172. The second-order valence-electron chi connectivity index (χ2n) is 6.53. The third kappa shape index (κ3) is 3.04. The smallest absolute Gasteiger partial charge is 0.282 e. The van der Waals surface area contributed by atoms with Crippen molar-refractivity contribution in [1.29, 1.82) is 0 Å². The second-order valence-corrected chi connectivity index (χ2v) is 6.53. The normalized spacial score (nSPS) is 16.4. The van der Waals surface area contributed by atoms with Crippen molar-refractivity contribution in [3.05, 3.63) is 95.4 Å². The molecular formula is C23H15FN2O3. The van der Waals surface area contributed by atoms with E-state index in [1.807, 2.05) is 24.3 Å². The molecule has 29 heavy (non-hydrogen) atoms. The molecule has 0 spiro atoms. The monoisotopic (exact) mass is 386 g/mol. The van der Waals surface area contributed by atoms with Gasteiger partial charge in [-0.25, -0.2) is 9.38 Å². The van der Waals surface area contributed by atoms with Crippen LogP contribution in [-0.2, 0) is 4.79 Å². The summed E-state index contributed by atoms with van der Waals surface area (Å²) in [5.41, 5.74) is 1.84. The predicted molar refractivity (Wildman–Crippen MR) is 107 cm³/mol. The van der Waals surface area contributed by atoms with Crippen LogP contribution < -0.4 is 14.4 Å². The molecule has 2 aliphatic rings. The molecule has 3 aromatic rings. The van der Waals surface area contributed by atoms with Crippen LogP contribution >= 0.6 is 0 Å². The number of anilines is 1. The number of rotatable bonds is 3. The lowest BCUT2D eigenvalue weighted by molar-refractivity contribution is -0.113. The third-order valence-corrected chi connectivity index (χ3v) is 4.69. The number of aliphatic imine (C=N–C) groups is 1. The van der Waals surface area contributed by atoms with E-state index in [1.54, 1.807) is 48.5 Å². The highest BCUT2D eigenvalue weighted by Gasteiger charge is 2.33. The molecule has 0 bridgehead atoms. The van der Waals surface area contributed by atoms with Crippen LogP contribution in [0.5, 0.6) is 11.5 Å². The van der Waals surface area contributed by atoms with Crippen molar-refractivity contribution in [3.8, 4) is 11.5 Å². The standard InChI is InChI=1S/C23H15FN2O3/c24-18-9-5-4-8-17(18)22-25-19(23(27)26(22)16-6-2-1-3-7-16)12-15-10-11-20-21(13-15)29-14-28-20/h1-13H,14H2/b19-12+. The Hall–Kier alpha value is -3.93. The van der Waals surface area contributed by atoms with E-state index in [9.17, 15) is 9.18 Å². The molecule has 0 atom stereocenters. The first kappa shape index (κ1) is 17.2. The maximum absolute atomic E-state index is 14.5. The molecule has 0 aliphatic carbocycles. The van der Waals surface area contributed by atoms with Gasteiger partial charge in [-0.05, 0) is 48.0 Å². The van der Waals surface area contributed by atoms with Crippen LogP contribution in [0.1, 0.15) is 11.1 Å². The Labute approximate surface area is 166 Å². The van der Waals surface area contributed by atoms with Gasteiger partial charge in [-0.3, -0.25) is 9.69 Å². The number of hydrogen-bond donors (Lipinski definition) is 0. The molecule has 0 radical (unpaired) electrons. The molecule has 0 fully saturated rings. The van der Waals surface area contributed by atoms with Crippen LogP contribution in [0.4, 0.5) is 10.1 Å². The number of amides is 1. The van der Waals surface area contributed by atoms with Gasteiger partial charge in [0.05, 0.1) is 11.3 Å². The highest BCUT2D eigenvalue weighted by Crippen LogP contribution is 2.34. The van der Waals surface area contributed by atoms with Crippen molar-refractivity contribution in [2.45, 2.75) is 0 Å². The minimum Gasteiger partial charge on any atom is -0.454 e. The molecule has 6 heteroatoms. The molecule has 5 rings (SSSR count). The minimum absolute atomic E-state index is 0.172. The molecule has 2 aliphatic heterocycles. The van der Waals surface area contributed by atoms with E-state index in [0.29, 0.717) is 17.2 Å². The first-order chi connectivity index (χ1) is 14.2. The SMILES string of the molecule is O=C1/C(=C\c2ccc3c(c2)OCO3)N=C(c2ccccc2F)N1c1ccccc1. The largest absolute Gasteiger partial charge is 0.454 e. The Kier molecular flexibility index (Phi) is 4.09. The number of amidine groups is 1. The highest BCUT2D eigenvalue weighted by molar-refractivity contribution is 6.33. The molecule has 3 aromatic carbocycles. The number of nitrogens with zero attached hydrogens (tertiary/aromatic N) is 2. The lowest BCUT2D eigenvalue weighted by atomic mass is 10.1. The molecule has 142 valence electrons. The van der Waals surface area contributed by atoms with Crippen LogP contribution in [0.3, 0.4) is 0 Å². The summed E-state index contributed by atoms with van der Waals surface area (Å²) in [5.74, 6) is 0.761. The van der Waals surface area contributed by atoms with Crippen LogP contribution in [0, 0.1) is 5.82 Å². The van der Waals surface area contributed by atoms with Crippen molar-refractivity contribution < 1.29 is 18.7 Å². The number of ether oxygens (including phenoxy) is 2. The average Bonchev–Trinajstić information content (AvgIpc) is 3.33. The van der Waals surface area contributed by atoms with Gasteiger partial charge < -0.3 is 9.47 Å². The molecule has 1 amide bonds. The molecule has 0 aromatic heterocycles. The van der Waals surface area contributed by atoms with E-state index < -0.39 is 5.82 Å². The number of benzene rings is 3. The second kappa shape index (κ2) is 6.91. The zero-order chi connectivity index (χ0) is 19.8. The first-order valence-corrected chi connectivity index (χ1v) is 9.05. The van der Waals surface area contributed by atoms with Crippen LogP contribution in [-0.4, -0.2) is 18.5 Å². The molecule has 0 N–H and O–H groups in total. The average molecular weight is 386 g/mol. The van der Waals surface area contributed by atoms with Gasteiger partial charge in [-0.1, -0.05) is 36.4 Å². The van der Waals surface area contributed by atoms with Crippen LogP contribution in [0.2, 0.25) is 0 Å². The quantitative estimate of drug-likeness (QED) is 0.628. The number of carbonyl (C=O) groups excluding carboxylic acids is 1. The zero-order valence-electron chi connectivity index (χ0n) is 15.2. The summed E-state index contributed by atoms with van der Waals surface area (Å²) in [7, 11) is 0. The molecule has 5 nitrogen and oxygen atoms in total. The number of halogens is 1. The predicted octanol–water partition coefficient (Wildman–Crippen LogP) is 4.39. The van der Waals surface area contributed by atoms with E-state index in [0.717, 1.165) is 5.56 Å². The van der Waals surface area contributed by atoms with Gasteiger partial charge in [0.25, 0.3) is 5.91 Å². The van der Waals surface area contributed by atoms with Crippen molar-refractivity contribution in [2.24, 2.45) is 4.99 Å². The maximum Gasteiger partial charge on any atom is 0.282 e. The van der Waals surface area contributed by atoms with E-state index in [2.05, 4.69) is 4.99 Å². The van der Waals surface area contributed by atoms with Crippen molar-refractivity contribution >= 4 is 23.5 Å². The highest BCUT2D eigenvalue weighted by atomic mass is 19.1. The Balaban J connectivity index is 1.62. The minimum atomic E-state index is -0.440. The molecule has 2 heterocycles. The Morgan fingerprint density at radius 2 is 1.69 bits per heavy atom. The molecule has 0 saturated heterocycles. The lowest BCUT2D eigenvalue weighted by Crippen LogP contribution is -2.33. The summed E-state index contributed by atoms with van der Waals surface area (Å²) in [4.78, 5) is 19.1. The summed E-state index contributed by atoms with van der Waals surface area (Å²) in [6, 6.07) is 20.7. The lowest BCUT2D eigenvalue weighted by Gasteiger charge is -2.18. The maximum atomic E-state index is 14.5. The summed E-state index contributed by atoms with van der Waals surface area (Å²) >= 11 is 0. The third-order valence-electron chi connectivity index (χ3n) is 4.69. The van der Waals surface area contributed by atoms with Gasteiger partial charge in [0, 0.05) is 0 Å². The van der Waals surface area contributed by atoms with Gasteiger partial charge in [-0.15, -0.1) is 0 Å². The summed E-state index contributed by atoms with van der Waals surface area (Å²) in [6.07, 6.45) is 1.66.